The number of hydrogen-bond acceptors (Lipinski definition) is 8. The van der Waals surface area contributed by atoms with Gasteiger partial charge >= 0.3 is 0 Å². The Labute approximate surface area is 149 Å². The Morgan fingerprint density at radius 1 is 0.560 bits per heavy atom. The van der Waals surface area contributed by atoms with Gasteiger partial charge in [0.25, 0.3) is 0 Å². The fourth-order valence-electron chi connectivity index (χ4n) is 1.61. The third-order valence-electron chi connectivity index (χ3n) is 3.29. The smallest absolute Gasteiger partial charge is 0.141 e. The number of nitriles is 4. The predicted molar refractivity (Wildman–Crippen MR) is 86.5 cm³/mol. The van der Waals surface area contributed by atoms with Crippen LogP contribution in [0.2, 0.25) is 0 Å². The zero-order valence-electron chi connectivity index (χ0n) is 15.1. The van der Waals surface area contributed by atoms with Crippen LogP contribution in [-0.4, -0.2) is 50.8 Å². The van der Waals surface area contributed by atoms with Crippen molar-refractivity contribution in [2.45, 2.75) is 52.1 Å². The van der Waals surface area contributed by atoms with Gasteiger partial charge in [-0.3, -0.25) is 0 Å². The molecule has 0 saturated heterocycles. The molecule has 0 saturated carbocycles. The first-order valence-corrected chi connectivity index (χ1v) is 7.87. The number of rotatable bonds is 12. The van der Waals surface area contributed by atoms with Crippen LogP contribution in [0.3, 0.4) is 0 Å². The second-order valence-electron chi connectivity index (χ2n) is 5.83. The molecular weight excluding hydrogens is 324 g/mol. The highest BCUT2D eigenvalue weighted by Gasteiger charge is 2.35. The lowest BCUT2D eigenvalue weighted by atomic mass is 9.91. The van der Waals surface area contributed by atoms with Crippen molar-refractivity contribution < 1.29 is 18.9 Å². The largest absolute Gasteiger partial charge is 0.363 e. The molecule has 0 aromatic heterocycles. The van der Waals surface area contributed by atoms with Gasteiger partial charge in [0, 0.05) is 0 Å². The number of hydrogen-bond donors (Lipinski definition) is 0. The van der Waals surface area contributed by atoms with Crippen molar-refractivity contribution in [2.24, 2.45) is 5.41 Å². The summed E-state index contributed by atoms with van der Waals surface area (Å²) in [5.41, 5.74) is -0.869. The van der Waals surface area contributed by atoms with E-state index in [2.05, 4.69) is 0 Å². The van der Waals surface area contributed by atoms with Crippen molar-refractivity contribution in [3.05, 3.63) is 0 Å². The molecule has 0 aliphatic carbocycles. The lowest BCUT2D eigenvalue weighted by Crippen LogP contribution is -2.44. The first kappa shape index (κ1) is 22.8. The molecule has 0 spiro atoms. The summed E-state index contributed by atoms with van der Waals surface area (Å²) in [6.07, 6.45) is -2.63. The maximum atomic E-state index is 8.90. The van der Waals surface area contributed by atoms with Crippen molar-refractivity contribution >= 4 is 0 Å². The van der Waals surface area contributed by atoms with Crippen LogP contribution in [0.1, 0.15) is 27.7 Å². The Balaban J connectivity index is 5.27. The van der Waals surface area contributed by atoms with Crippen molar-refractivity contribution in [1.29, 1.82) is 21.0 Å². The second-order valence-corrected chi connectivity index (χ2v) is 5.83. The maximum absolute atomic E-state index is 8.90. The molecule has 25 heavy (non-hydrogen) atoms. The van der Waals surface area contributed by atoms with Crippen LogP contribution in [0.5, 0.6) is 0 Å². The minimum atomic E-state index is -0.869. The summed E-state index contributed by atoms with van der Waals surface area (Å²) in [6.45, 7) is 6.60. The minimum Gasteiger partial charge on any atom is -0.363 e. The van der Waals surface area contributed by atoms with Gasteiger partial charge in [-0.2, -0.15) is 21.0 Å². The normalized spacial score (nSPS) is 17.6. The average Bonchev–Trinajstić information content (AvgIpc) is 2.65. The second kappa shape index (κ2) is 12.2. The van der Waals surface area contributed by atoms with Gasteiger partial charge in [-0.25, -0.2) is 0 Å². The third kappa shape index (κ3) is 9.62. The van der Waals surface area contributed by atoms with Crippen LogP contribution < -0.4 is 0 Å². The Hall–Kier alpha value is -2.20. The highest BCUT2D eigenvalue weighted by molar-refractivity contribution is 4.89. The summed E-state index contributed by atoms with van der Waals surface area (Å²) in [4.78, 5) is 0. The Morgan fingerprint density at radius 3 is 0.920 bits per heavy atom. The van der Waals surface area contributed by atoms with Gasteiger partial charge in [0.1, 0.15) is 24.4 Å². The van der Waals surface area contributed by atoms with Crippen molar-refractivity contribution in [3.8, 4) is 24.3 Å². The Bertz CT molecular complexity index is 453. The van der Waals surface area contributed by atoms with E-state index in [4.69, 9.17) is 40.0 Å². The lowest BCUT2D eigenvalue weighted by molar-refractivity contribution is -0.125. The summed E-state index contributed by atoms with van der Waals surface area (Å²) in [5.74, 6) is 0. The predicted octanol–water partition coefficient (Wildman–Crippen LogP) is 1.69. The summed E-state index contributed by atoms with van der Waals surface area (Å²) >= 11 is 0. The van der Waals surface area contributed by atoms with E-state index in [0.29, 0.717) is 0 Å². The molecule has 0 aromatic rings. The van der Waals surface area contributed by atoms with Crippen LogP contribution in [0, 0.1) is 50.7 Å². The van der Waals surface area contributed by atoms with E-state index in [1.165, 1.54) is 0 Å². The molecule has 8 heteroatoms. The molecule has 0 bridgehead atoms. The first-order chi connectivity index (χ1) is 11.8. The molecule has 0 N–H and O–H groups in total. The van der Waals surface area contributed by atoms with Gasteiger partial charge < -0.3 is 18.9 Å². The topological polar surface area (TPSA) is 132 Å². The summed E-state index contributed by atoms with van der Waals surface area (Å²) in [7, 11) is 0. The number of ether oxygens (including phenoxy) is 4. The first-order valence-electron chi connectivity index (χ1n) is 7.87. The molecule has 8 nitrogen and oxygen atoms in total. The minimum absolute atomic E-state index is 0.0518. The summed E-state index contributed by atoms with van der Waals surface area (Å²) in [5, 5.41) is 35.6. The zero-order chi connectivity index (χ0) is 19.3. The molecule has 4 unspecified atom stereocenters. The molecule has 0 heterocycles. The van der Waals surface area contributed by atoms with E-state index in [1.54, 1.807) is 27.7 Å². The van der Waals surface area contributed by atoms with Gasteiger partial charge in [-0.05, 0) is 27.7 Å². The Morgan fingerprint density at radius 2 is 0.760 bits per heavy atom. The molecule has 0 aliphatic heterocycles. The molecule has 0 amide bonds. The quantitative estimate of drug-likeness (QED) is 0.520. The lowest BCUT2D eigenvalue weighted by Gasteiger charge is -2.34. The highest BCUT2D eigenvalue weighted by atomic mass is 16.5. The number of nitrogens with zero attached hydrogens (tertiary/aromatic N) is 4. The van der Waals surface area contributed by atoms with Crippen LogP contribution >= 0.6 is 0 Å². The van der Waals surface area contributed by atoms with Crippen LogP contribution in [0.25, 0.3) is 0 Å². The van der Waals surface area contributed by atoms with E-state index in [1.807, 2.05) is 24.3 Å². The van der Waals surface area contributed by atoms with Crippen LogP contribution in [0.4, 0.5) is 0 Å². The Kier molecular flexibility index (Phi) is 11.1. The van der Waals surface area contributed by atoms with Crippen molar-refractivity contribution in [3.63, 3.8) is 0 Å². The van der Waals surface area contributed by atoms with E-state index in [9.17, 15) is 0 Å². The van der Waals surface area contributed by atoms with Crippen molar-refractivity contribution in [1.82, 2.24) is 0 Å². The average molecular weight is 348 g/mol. The third-order valence-corrected chi connectivity index (χ3v) is 3.29. The van der Waals surface area contributed by atoms with E-state index in [0.717, 1.165) is 0 Å². The molecule has 0 fully saturated rings. The standard InChI is InChI=1S/C17H24N4O4/c1-13(5-18)22-9-17(10-23-14(2)6-19,11-24-15(3)7-20)12-25-16(4)8-21/h13-16H,9-12H2,1-4H3. The fraction of sp³-hybridized carbons (Fsp3) is 0.765. The molecule has 0 aromatic carbocycles. The van der Waals surface area contributed by atoms with Crippen molar-refractivity contribution in [2.75, 3.05) is 26.4 Å². The monoisotopic (exact) mass is 348 g/mol. The van der Waals surface area contributed by atoms with Gasteiger partial charge in [0.15, 0.2) is 0 Å². The molecule has 136 valence electrons. The molecule has 0 aliphatic rings. The maximum Gasteiger partial charge on any atom is 0.141 e. The van der Waals surface area contributed by atoms with Gasteiger partial charge in [0.05, 0.1) is 56.1 Å². The molecule has 0 rings (SSSR count). The molecule has 4 atom stereocenters. The summed E-state index contributed by atoms with van der Waals surface area (Å²) < 4.78 is 22.0. The van der Waals surface area contributed by atoms with Crippen LogP contribution in [-0.2, 0) is 18.9 Å². The highest BCUT2D eigenvalue weighted by Crippen LogP contribution is 2.23. The zero-order valence-corrected chi connectivity index (χ0v) is 15.1. The van der Waals surface area contributed by atoms with Gasteiger partial charge in [0.2, 0.25) is 0 Å². The molecule has 0 radical (unpaired) electrons. The van der Waals surface area contributed by atoms with E-state index in [-0.39, 0.29) is 26.4 Å². The summed E-state index contributed by atoms with van der Waals surface area (Å²) in [6, 6.07) is 7.86. The van der Waals surface area contributed by atoms with Crippen LogP contribution in [0.15, 0.2) is 0 Å². The molecular formula is C17H24N4O4. The van der Waals surface area contributed by atoms with Gasteiger partial charge in [-0.15, -0.1) is 0 Å². The van der Waals surface area contributed by atoms with E-state index < -0.39 is 29.8 Å². The fourth-order valence-corrected chi connectivity index (χ4v) is 1.61. The van der Waals surface area contributed by atoms with Gasteiger partial charge in [-0.1, -0.05) is 0 Å². The van der Waals surface area contributed by atoms with E-state index >= 15 is 0 Å². The SMILES string of the molecule is CC(C#N)OCC(COC(C)C#N)(COC(C)C#N)COC(C)C#N.